The van der Waals surface area contributed by atoms with E-state index >= 15 is 0 Å². The van der Waals surface area contributed by atoms with Gasteiger partial charge in [0.05, 0.1) is 27.8 Å². The minimum absolute atomic E-state index is 0.0732. The Hall–Kier alpha value is -2.69. The van der Waals surface area contributed by atoms with E-state index in [4.69, 9.17) is 14.2 Å². The molecule has 5 nitrogen and oxygen atoms in total. The molecule has 1 aliphatic rings. The van der Waals surface area contributed by atoms with Crippen LogP contribution in [0.25, 0.3) is 0 Å². The Balaban J connectivity index is 1.87. The first-order valence-corrected chi connectivity index (χ1v) is 8.76. The first-order valence-electron chi connectivity index (χ1n) is 8.76. The molecule has 1 amide bonds. The minimum Gasteiger partial charge on any atom is -0.493 e. The lowest BCUT2D eigenvalue weighted by molar-refractivity contribution is -0.118. The maximum atomic E-state index is 13.0. The smallest absolute Gasteiger partial charge is 0.231 e. The molecule has 26 heavy (non-hydrogen) atoms. The van der Waals surface area contributed by atoms with E-state index in [1.807, 2.05) is 17.0 Å². The summed E-state index contributed by atoms with van der Waals surface area (Å²) in [6, 6.07) is 9.95. The summed E-state index contributed by atoms with van der Waals surface area (Å²) in [7, 11) is 4.72. The van der Waals surface area contributed by atoms with Gasteiger partial charge in [-0.2, -0.15) is 0 Å². The molecule has 3 rings (SSSR count). The molecule has 0 atom stereocenters. The lowest BCUT2D eigenvalue weighted by Crippen LogP contribution is -2.36. The molecule has 0 fully saturated rings. The average molecular weight is 355 g/mol. The van der Waals surface area contributed by atoms with Crippen LogP contribution in [0.15, 0.2) is 30.3 Å². The van der Waals surface area contributed by atoms with Crippen LogP contribution in [0.2, 0.25) is 0 Å². The maximum absolute atomic E-state index is 13.0. The van der Waals surface area contributed by atoms with Gasteiger partial charge in [-0.25, -0.2) is 0 Å². The first-order chi connectivity index (χ1) is 12.6. The molecule has 2 aromatic rings. The zero-order valence-corrected chi connectivity index (χ0v) is 15.8. The van der Waals surface area contributed by atoms with Gasteiger partial charge in [0.1, 0.15) is 0 Å². The van der Waals surface area contributed by atoms with E-state index in [1.54, 1.807) is 21.3 Å². The Morgan fingerprint density at radius 3 is 2.35 bits per heavy atom. The Kier molecular flexibility index (Phi) is 5.35. The van der Waals surface area contributed by atoms with Gasteiger partial charge in [-0.15, -0.1) is 0 Å². The largest absolute Gasteiger partial charge is 0.493 e. The van der Waals surface area contributed by atoms with Crippen molar-refractivity contribution in [3.05, 3.63) is 47.0 Å². The van der Waals surface area contributed by atoms with Crippen molar-refractivity contribution in [2.24, 2.45) is 0 Å². The molecule has 0 aromatic heterocycles. The van der Waals surface area contributed by atoms with Gasteiger partial charge in [-0.1, -0.05) is 17.7 Å². The number of fused-ring (bicyclic) bond motifs is 1. The second kappa shape index (κ2) is 7.68. The Labute approximate surface area is 154 Å². The van der Waals surface area contributed by atoms with E-state index in [2.05, 4.69) is 25.1 Å². The van der Waals surface area contributed by atoms with Crippen molar-refractivity contribution in [1.29, 1.82) is 0 Å². The van der Waals surface area contributed by atoms with Crippen molar-refractivity contribution in [1.82, 2.24) is 0 Å². The second-order valence-electron chi connectivity index (χ2n) is 6.49. The van der Waals surface area contributed by atoms with Gasteiger partial charge in [0, 0.05) is 12.2 Å². The highest BCUT2D eigenvalue weighted by molar-refractivity contribution is 5.96. The molecule has 138 valence electrons. The topological polar surface area (TPSA) is 48.0 Å². The van der Waals surface area contributed by atoms with Gasteiger partial charge in [-0.3, -0.25) is 4.79 Å². The van der Waals surface area contributed by atoms with Crippen molar-refractivity contribution in [3.63, 3.8) is 0 Å². The molecule has 0 aliphatic carbocycles. The molecule has 0 spiro atoms. The van der Waals surface area contributed by atoms with E-state index in [0.29, 0.717) is 17.2 Å². The molecule has 0 unspecified atom stereocenters. The molecule has 0 N–H and O–H groups in total. The number of hydrogen-bond donors (Lipinski definition) is 0. The number of benzene rings is 2. The second-order valence-corrected chi connectivity index (χ2v) is 6.49. The van der Waals surface area contributed by atoms with Crippen LogP contribution in [0.5, 0.6) is 17.2 Å². The van der Waals surface area contributed by atoms with Gasteiger partial charge >= 0.3 is 0 Å². The van der Waals surface area contributed by atoms with Crippen molar-refractivity contribution in [3.8, 4) is 17.2 Å². The van der Waals surface area contributed by atoms with Crippen LogP contribution in [0.4, 0.5) is 5.69 Å². The zero-order chi connectivity index (χ0) is 18.7. The standard InChI is InChI=1S/C21H25NO4/c1-14-7-8-17-16(10-14)6-5-9-22(17)20(23)13-15-11-18(24-2)21(26-4)19(12-15)25-3/h7-8,10-12H,5-6,9,13H2,1-4H3. The number of carbonyl (C=O) groups is 1. The number of hydrogen-bond acceptors (Lipinski definition) is 4. The number of rotatable bonds is 5. The number of ether oxygens (including phenoxy) is 3. The fourth-order valence-electron chi connectivity index (χ4n) is 3.49. The van der Waals surface area contributed by atoms with Crippen LogP contribution in [0.1, 0.15) is 23.1 Å². The summed E-state index contributed by atoms with van der Waals surface area (Å²) in [4.78, 5) is 14.9. The number of amides is 1. The van der Waals surface area contributed by atoms with Crippen LogP contribution in [-0.4, -0.2) is 33.8 Å². The molecule has 2 aromatic carbocycles. The molecule has 1 aliphatic heterocycles. The molecular formula is C21H25NO4. The predicted molar refractivity (Wildman–Crippen MR) is 102 cm³/mol. The quantitative estimate of drug-likeness (QED) is 0.823. The van der Waals surface area contributed by atoms with Crippen LogP contribution < -0.4 is 19.1 Å². The molecule has 0 saturated carbocycles. The summed E-state index contributed by atoms with van der Waals surface area (Å²) in [6.07, 6.45) is 2.28. The van der Waals surface area contributed by atoms with Crippen molar-refractivity contribution >= 4 is 11.6 Å². The fourth-order valence-corrected chi connectivity index (χ4v) is 3.49. The molecule has 1 heterocycles. The molecule has 0 bridgehead atoms. The third-order valence-corrected chi connectivity index (χ3v) is 4.73. The SMILES string of the molecule is COc1cc(CC(=O)N2CCCc3cc(C)ccc32)cc(OC)c1OC. The Morgan fingerprint density at radius 1 is 1.04 bits per heavy atom. The number of methoxy groups -OCH3 is 3. The number of aryl methyl sites for hydroxylation is 2. The average Bonchev–Trinajstić information content (AvgIpc) is 2.66. The third-order valence-electron chi connectivity index (χ3n) is 4.73. The highest BCUT2D eigenvalue weighted by Gasteiger charge is 2.23. The minimum atomic E-state index is 0.0732. The fraction of sp³-hybridized carbons (Fsp3) is 0.381. The highest BCUT2D eigenvalue weighted by Crippen LogP contribution is 2.38. The van der Waals surface area contributed by atoms with E-state index in [0.717, 1.165) is 30.6 Å². The van der Waals surface area contributed by atoms with E-state index < -0.39 is 0 Å². The van der Waals surface area contributed by atoms with Gasteiger partial charge < -0.3 is 19.1 Å². The van der Waals surface area contributed by atoms with E-state index in [-0.39, 0.29) is 12.3 Å². The predicted octanol–water partition coefficient (Wildman–Crippen LogP) is 3.54. The number of anilines is 1. The first kappa shape index (κ1) is 18.1. The summed E-state index contributed by atoms with van der Waals surface area (Å²) in [5.74, 6) is 1.72. The van der Waals surface area contributed by atoms with Gasteiger partial charge in [-0.05, 0) is 49.1 Å². The number of carbonyl (C=O) groups excluding carboxylic acids is 1. The monoisotopic (exact) mass is 355 g/mol. The molecular weight excluding hydrogens is 330 g/mol. The third kappa shape index (κ3) is 3.47. The molecule has 0 radical (unpaired) electrons. The number of nitrogens with zero attached hydrogens (tertiary/aromatic N) is 1. The summed E-state index contributed by atoms with van der Waals surface area (Å²) in [5.41, 5.74) is 4.33. The normalized spacial score (nSPS) is 13.2. The van der Waals surface area contributed by atoms with E-state index in [9.17, 15) is 4.79 Å². The highest BCUT2D eigenvalue weighted by atomic mass is 16.5. The lowest BCUT2D eigenvalue weighted by atomic mass is 9.98. The van der Waals surface area contributed by atoms with Crippen molar-refractivity contribution in [2.75, 3.05) is 32.8 Å². The Morgan fingerprint density at radius 2 is 1.73 bits per heavy atom. The van der Waals surface area contributed by atoms with Crippen LogP contribution in [0.3, 0.4) is 0 Å². The van der Waals surface area contributed by atoms with Crippen LogP contribution in [0, 0.1) is 6.92 Å². The summed E-state index contributed by atoms with van der Waals surface area (Å²) < 4.78 is 16.1. The van der Waals surface area contributed by atoms with Crippen LogP contribution in [-0.2, 0) is 17.6 Å². The van der Waals surface area contributed by atoms with Crippen LogP contribution >= 0.6 is 0 Å². The van der Waals surface area contributed by atoms with E-state index in [1.165, 1.54) is 11.1 Å². The van der Waals surface area contributed by atoms with Crippen molar-refractivity contribution in [2.45, 2.75) is 26.2 Å². The Bertz CT molecular complexity index is 791. The lowest BCUT2D eigenvalue weighted by Gasteiger charge is -2.30. The van der Waals surface area contributed by atoms with Crippen molar-refractivity contribution < 1.29 is 19.0 Å². The summed E-state index contributed by atoms with van der Waals surface area (Å²) in [6.45, 7) is 2.83. The summed E-state index contributed by atoms with van der Waals surface area (Å²) >= 11 is 0. The van der Waals surface area contributed by atoms with Gasteiger partial charge in [0.25, 0.3) is 0 Å². The maximum Gasteiger partial charge on any atom is 0.231 e. The van der Waals surface area contributed by atoms with Gasteiger partial charge in [0.15, 0.2) is 11.5 Å². The molecule has 0 saturated heterocycles. The zero-order valence-electron chi connectivity index (χ0n) is 15.8. The van der Waals surface area contributed by atoms with Gasteiger partial charge in [0.2, 0.25) is 11.7 Å². The molecule has 5 heteroatoms. The summed E-state index contributed by atoms with van der Waals surface area (Å²) in [5, 5.41) is 0.